The molecule has 6 heteroatoms. The molecular formula is C12H15N3O2S. The van der Waals surface area contributed by atoms with Crippen molar-refractivity contribution < 1.29 is 8.42 Å². The summed E-state index contributed by atoms with van der Waals surface area (Å²) in [5, 5.41) is 8.35. The van der Waals surface area contributed by atoms with E-state index < -0.39 is 9.84 Å². The summed E-state index contributed by atoms with van der Waals surface area (Å²) < 4.78 is 25.3. The summed E-state index contributed by atoms with van der Waals surface area (Å²) in [5.41, 5.74) is 1.87. The predicted molar refractivity (Wildman–Crippen MR) is 68.4 cm³/mol. The van der Waals surface area contributed by atoms with E-state index in [4.69, 9.17) is 0 Å². The van der Waals surface area contributed by atoms with Crippen LogP contribution in [0.1, 0.15) is 30.1 Å². The summed E-state index contributed by atoms with van der Waals surface area (Å²) in [4.78, 5) is 0. The Morgan fingerprint density at radius 3 is 3.00 bits per heavy atom. The Bertz CT molecular complexity index is 690. The van der Waals surface area contributed by atoms with Crippen LogP contribution in [0, 0.1) is 6.92 Å². The molecule has 1 aliphatic rings. The molecule has 1 fully saturated rings. The predicted octanol–water partition coefficient (Wildman–Crippen LogP) is 1.33. The second-order valence-corrected chi connectivity index (χ2v) is 7.13. The van der Waals surface area contributed by atoms with Gasteiger partial charge < -0.3 is 0 Å². The molecule has 0 bridgehead atoms. The summed E-state index contributed by atoms with van der Waals surface area (Å²) in [5.74, 6) is 1.25. The van der Waals surface area contributed by atoms with E-state index in [-0.39, 0.29) is 11.7 Å². The molecule has 0 amide bonds. The van der Waals surface area contributed by atoms with Crippen molar-refractivity contribution in [3.8, 4) is 0 Å². The maximum atomic E-state index is 11.7. The highest BCUT2D eigenvalue weighted by Gasteiger charge is 2.29. The van der Waals surface area contributed by atoms with E-state index in [1.807, 2.05) is 29.7 Å². The van der Waals surface area contributed by atoms with Crippen molar-refractivity contribution in [1.82, 2.24) is 14.6 Å². The van der Waals surface area contributed by atoms with Crippen molar-refractivity contribution in [2.75, 3.05) is 11.5 Å². The zero-order chi connectivity index (χ0) is 12.8. The molecule has 0 aromatic carbocycles. The van der Waals surface area contributed by atoms with E-state index in [1.54, 1.807) is 0 Å². The zero-order valence-electron chi connectivity index (χ0n) is 10.2. The molecule has 1 atom stereocenters. The molecule has 3 rings (SSSR count). The highest BCUT2D eigenvalue weighted by atomic mass is 32.2. The molecule has 18 heavy (non-hydrogen) atoms. The van der Waals surface area contributed by atoms with Gasteiger partial charge in [0.05, 0.1) is 11.5 Å². The number of sulfone groups is 1. The molecule has 0 spiro atoms. The van der Waals surface area contributed by atoms with Crippen LogP contribution >= 0.6 is 0 Å². The van der Waals surface area contributed by atoms with Crippen molar-refractivity contribution in [3.05, 3.63) is 29.7 Å². The van der Waals surface area contributed by atoms with Gasteiger partial charge in [0.25, 0.3) is 0 Å². The number of hydrogen-bond acceptors (Lipinski definition) is 4. The van der Waals surface area contributed by atoms with Gasteiger partial charge in [-0.2, -0.15) is 0 Å². The van der Waals surface area contributed by atoms with Gasteiger partial charge in [0, 0.05) is 12.1 Å². The Morgan fingerprint density at radius 1 is 1.39 bits per heavy atom. The molecule has 96 valence electrons. The number of rotatable bonds is 1. The van der Waals surface area contributed by atoms with E-state index >= 15 is 0 Å². The van der Waals surface area contributed by atoms with Crippen LogP contribution in [-0.2, 0) is 9.84 Å². The van der Waals surface area contributed by atoms with Gasteiger partial charge in [0.15, 0.2) is 15.5 Å². The van der Waals surface area contributed by atoms with Crippen molar-refractivity contribution in [2.45, 2.75) is 25.7 Å². The first kappa shape index (κ1) is 11.6. The van der Waals surface area contributed by atoms with Gasteiger partial charge in [-0.1, -0.05) is 6.07 Å². The number of aryl methyl sites for hydroxylation is 1. The highest BCUT2D eigenvalue weighted by molar-refractivity contribution is 7.91. The van der Waals surface area contributed by atoms with Gasteiger partial charge in [0.2, 0.25) is 0 Å². The standard InChI is InChI=1S/C12H15N3O2S/c1-9-4-2-6-15-11(9)13-14-12(15)10-5-3-7-18(16,17)8-10/h2,4,6,10H,3,5,7-8H2,1H3. The second-order valence-electron chi connectivity index (χ2n) is 4.90. The van der Waals surface area contributed by atoms with Gasteiger partial charge in [-0.3, -0.25) is 4.40 Å². The van der Waals surface area contributed by atoms with E-state index in [0.717, 1.165) is 23.5 Å². The molecule has 0 aliphatic carbocycles. The third-order valence-corrected chi connectivity index (χ3v) is 5.31. The Labute approximate surface area is 106 Å². The Balaban J connectivity index is 2.07. The fourth-order valence-electron chi connectivity index (χ4n) is 2.57. The van der Waals surface area contributed by atoms with Crippen LogP contribution in [0.15, 0.2) is 18.3 Å². The van der Waals surface area contributed by atoms with Crippen molar-refractivity contribution in [3.63, 3.8) is 0 Å². The van der Waals surface area contributed by atoms with Crippen LogP contribution in [0.2, 0.25) is 0 Å². The molecule has 0 radical (unpaired) electrons. The van der Waals surface area contributed by atoms with Crippen LogP contribution in [0.4, 0.5) is 0 Å². The van der Waals surface area contributed by atoms with Gasteiger partial charge in [-0.15, -0.1) is 10.2 Å². The number of aromatic nitrogens is 3. The monoisotopic (exact) mass is 265 g/mol. The SMILES string of the molecule is Cc1cccn2c(C3CCCS(=O)(=O)C3)nnc12. The third kappa shape index (κ3) is 1.90. The summed E-state index contributed by atoms with van der Waals surface area (Å²) in [6.07, 6.45) is 3.49. The minimum absolute atomic E-state index is 0.0273. The topological polar surface area (TPSA) is 64.3 Å². The molecule has 0 saturated carbocycles. The first-order chi connectivity index (χ1) is 8.57. The number of hydrogen-bond donors (Lipinski definition) is 0. The van der Waals surface area contributed by atoms with Gasteiger partial charge in [-0.05, 0) is 31.4 Å². The van der Waals surface area contributed by atoms with E-state index in [9.17, 15) is 8.42 Å². The fraction of sp³-hybridized carbons (Fsp3) is 0.500. The van der Waals surface area contributed by atoms with Crippen molar-refractivity contribution in [1.29, 1.82) is 0 Å². The molecule has 1 unspecified atom stereocenters. The number of pyridine rings is 1. The van der Waals surface area contributed by atoms with Crippen molar-refractivity contribution in [2.24, 2.45) is 0 Å². The maximum Gasteiger partial charge on any atom is 0.163 e. The lowest BCUT2D eigenvalue weighted by molar-refractivity contribution is 0.541. The lowest BCUT2D eigenvalue weighted by atomic mass is 10.0. The number of nitrogens with zero attached hydrogens (tertiary/aromatic N) is 3. The molecular weight excluding hydrogens is 250 g/mol. The average molecular weight is 265 g/mol. The lowest BCUT2D eigenvalue weighted by Crippen LogP contribution is -2.25. The average Bonchev–Trinajstić information content (AvgIpc) is 2.73. The molecule has 3 heterocycles. The van der Waals surface area contributed by atoms with Crippen LogP contribution in [0.3, 0.4) is 0 Å². The highest BCUT2D eigenvalue weighted by Crippen LogP contribution is 2.27. The summed E-state index contributed by atoms with van der Waals surface area (Å²) >= 11 is 0. The van der Waals surface area contributed by atoms with Gasteiger partial charge in [-0.25, -0.2) is 8.42 Å². The van der Waals surface area contributed by atoms with Crippen LogP contribution in [-0.4, -0.2) is 34.5 Å². The largest absolute Gasteiger partial charge is 0.286 e. The first-order valence-electron chi connectivity index (χ1n) is 6.07. The molecule has 5 nitrogen and oxygen atoms in total. The number of fused-ring (bicyclic) bond motifs is 1. The normalized spacial score (nSPS) is 23.3. The summed E-state index contributed by atoms with van der Waals surface area (Å²) in [7, 11) is -2.92. The molecule has 1 saturated heterocycles. The molecule has 0 N–H and O–H groups in total. The Hall–Kier alpha value is -1.43. The molecule has 2 aromatic rings. The molecule has 1 aliphatic heterocycles. The third-order valence-electron chi connectivity index (χ3n) is 3.48. The minimum atomic E-state index is -2.92. The Kier molecular flexibility index (Phi) is 2.62. The van der Waals surface area contributed by atoms with Crippen LogP contribution in [0.25, 0.3) is 5.65 Å². The van der Waals surface area contributed by atoms with Crippen molar-refractivity contribution >= 4 is 15.5 Å². The lowest BCUT2D eigenvalue weighted by Gasteiger charge is -2.20. The minimum Gasteiger partial charge on any atom is -0.286 e. The second kappa shape index (κ2) is 4.05. The van der Waals surface area contributed by atoms with Crippen LogP contribution < -0.4 is 0 Å². The fourth-order valence-corrected chi connectivity index (χ4v) is 4.27. The van der Waals surface area contributed by atoms with Crippen LogP contribution in [0.5, 0.6) is 0 Å². The molecule has 2 aromatic heterocycles. The van der Waals surface area contributed by atoms with E-state index in [2.05, 4.69) is 10.2 Å². The zero-order valence-corrected chi connectivity index (χ0v) is 11.0. The van der Waals surface area contributed by atoms with Gasteiger partial charge in [0.1, 0.15) is 5.82 Å². The van der Waals surface area contributed by atoms with E-state index in [1.165, 1.54) is 0 Å². The quantitative estimate of drug-likeness (QED) is 0.780. The smallest absolute Gasteiger partial charge is 0.163 e. The Morgan fingerprint density at radius 2 is 2.22 bits per heavy atom. The maximum absolute atomic E-state index is 11.7. The first-order valence-corrected chi connectivity index (χ1v) is 7.90. The summed E-state index contributed by atoms with van der Waals surface area (Å²) in [6.45, 7) is 1.98. The summed E-state index contributed by atoms with van der Waals surface area (Å²) in [6, 6.07) is 3.91. The van der Waals surface area contributed by atoms with Gasteiger partial charge >= 0.3 is 0 Å². The van der Waals surface area contributed by atoms with E-state index in [0.29, 0.717) is 12.2 Å².